The summed E-state index contributed by atoms with van der Waals surface area (Å²) in [5, 5.41) is 11.2. The lowest BCUT2D eigenvalue weighted by atomic mass is 10.2. The number of rotatable bonds is 3. The second kappa shape index (κ2) is 11.1. The van der Waals surface area contributed by atoms with Crippen molar-refractivity contribution in [2.24, 2.45) is 5.73 Å². The molecule has 0 saturated heterocycles. The third kappa shape index (κ3) is 12.6. The molecule has 0 saturated carbocycles. The predicted octanol–water partition coefficient (Wildman–Crippen LogP) is 2.27. The molecule has 1 rings (SSSR count). The number of urea groups is 1. The van der Waals surface area contributed by atoms with E-state index in [0.29, 0.717) is 12.3 Å². The van der Waals surface area contributed by atoms with E-state index in [1.165, 1.54) is 5.56 Å². The summed E-state index contributed by atoms with van der Waals surface area (Å²) in [7, 11) is 0. The molecule has 0 aliphatic heterocycles. The second-order valence-electron chi connectivity index (χ2n) is 3.48. The van der Waals surface area contributed by atoms with Crippen molar-refractivity contribution in [3.05, 3.63) is 29.8 Å². The highest BCUT2D eigenvalue weighted by Gasteiger charge is 1.86. The van der Waals surface area contributed by atoms with Gasteiger partial charge in [-0.1, -0.05) is 31.0 Å². The molecule has 1 aromatic rings. The van der Waals surface area contributed by atoms with Gasteiger partial charge in [-0.05, 0) is 25.5 Å². The lowest BCUT2D eigenvalue weighted by molar-refractivity contribution is 0.249. The van der Waals surface area contributed by atoms with Gasteiger partial charge in [-0.15, -0.1) is 0 Å². The number of hydrogen-bond acceptors (Lipinski definition) is 2. The largest absolute Gasteiger partial charge is 0.508 e. The summed E-state index contributed by atoms with van der Waals surface area (Å²) in [6.07, 6.45) is 2.09. The summed E-state index contributed by atoms with van der Waals surface area (Å²) in [6.45, 7) is 4.74. The first-order valence-corrected chi connectivity index (χ1v) is 5.35. The van der Waals surface area contributed by atoms with E-state index < -0.39 is 6.03 Å². The number of phenolic OH excluding ortho intramolecular Hbond substituents is 1. The van der Waals surface area contributed by atoms with E-state index in [-0.39, 0.29) is 13.5 Å². The van der Waals surface area contributed by atoms with Crippen LogP contribution in [0.25, 0.3) is 0 Å². The summed E-state index contributed by atoms with van der Waals surface area (Å²) >= 11 is 0. The lowest BCUT2D eigenvalue weighted by Crippen LogP contribution is -2.29. The van der Waals surface area contributed by atoms with E-state index in [2.05, 4.69) is 12.2 Å². The summed E-state index contributed by atoms with van der Waals surface area (Å²) in [4.78, 5) is 9.99. The molecule has 1 aromatic carbocycles. The Bertz CT molecular complexity index is 281. The van der Waals surface area contributed by atoms with Crippen LogP contribution in [0.3, 0.4) is 0 Å². The van der Waals surface area contributed by atoms with Gasteiger partial charge in [0.2, 0.25) is 0 Å². The minimum atomic E-state index is -0.432. The standard InChI is InChI=1S/C7H8O.C5H12N2O.H2S/c1-6-2-4-7(8)5-3-6;1-2-3-4-7-5(6)8;/h2-5,8H,1H3;2-4H2,1H3,(H3,6,7,8);1H2. The van der Waals surface area contributed by atoms with E-state index in [9.17, 15) is 4.79 Å². The molecule has 4 nitrogen and oxygen atoms in total. The number of primary amides is 1. The molecule has 0 fully saturated rings. The molecular formula is C12H22N2O2S. The Morgan fingerprint density at radius 1 is 1.35 bits per heavy atom. The number of aromatic hydroxyl groups is 1. The van der Waals surface area contributed by atoms with Crippen LogP contribution in [-0.4, -0.2) is 17.7 Å². The van der Waals surface area contributed by atoms with Crippen molar-refractivity contribution in [3.63, 3.8) is 0 Å². The molecule has 0 atom stereocenters. The van der Waals surface area contributed by atoms with Gasteiger partial charge in [0, 0.05) is 6.54 Å². The topological polar surface area (TPSA) is 75.3 Å². The molecule has 0 heterocycles. The minimum absolute atomic E-state index is 0. The number of phenols is 1. The van der Waals surface area contributed by atoms with Crippen molar-refractivity contribution < 1.29 is 9.90 Å². The third-order valence-corrected chi connectivity index (χ3v) is 1.86. The normalized spacial score (nSPS) is 8.35. The number of carbonyl (C=O) groups is 1. The molecule has 0 aliphatic rings. The summed E-state index contributed by atoms with van der Waals surface area (Å²) in [5.74, 6) is 0.329. The van der Waals surface area contributed by atoms with Crippen LogP contribution in [0.4, 0.5) is 4.79 Å². The van der Waals surface area contributed by atoms with Crippen LogP contribution in [0.1, 0.15) is 25.3 Å². The number of nitrogens with one attached hydrogen (secondary N) is 1. The Morgan fingerprint density at radius 2 is 1.88 bits per heavy atom. The Labute approximate surface area is 110 Å². The van der Waals surface area contributed by atoms with Crippen molar-refractivity contribution in [2.75, 3.05) is 6.54 Å². The molecule has 17 heavy (non-hydrogen) atoms. The first-order valence-electron chi connectivity index (χ1n) is 5.35. The summed E-state index contributed by atoms with van der Waals surface area (Å²) < 4.78 is 0. The fourth-order valence-corrected chi connectivity index (χ4v) is 0.933. The van der Waals surface area contributed by atoms with Gasteiger partial charge >= 0.3 is 6.03 Å². The zero-order valence-corrected chi connectivity index (χ0v) is 11.4. The molecule has 0 bridgehead atoms. The van der Waals surface area contributed by atoms with Crippen molar-refractivity contribution >= 4 is 19.5 Å². The SMILES string of the molecule is CCCCNC(N)=O.Cc1ccc(O)cc1.S. The zero-order chi connectivity index (χ0) is 12.4. The number of aryl methyl sites for hydroxylation is 1. The number of carbonyl (C=O) groups excluding carboxylic acids is 1. The Balaban J connectivity index is 0. The van der Waals surface area contributed by atoms with Gasteiger partial charge in [-0.2, -0.15) is 13.5 Å². The predicted molar refractivity (Wildman–Crippen MR) is 75.7 cm³/mol. The average molecular weight is 258 g/mol. The molecular weight excluding hydrogens is 236 g/mol. The van der Waals surface area contributed by atoms with Gasteiger partial charge in [0.15, 0.2) is 0 Å². The van der Waals surface area contributed by atoms with Gasteiger partial charge < -0.3 is 16.2 Å². The molecule has 0 aromatic heterocycles. The molecule has 98 valence electrons. The number of unbranched alkanes of at least 4 members (excludes halogenated alkanes) is 1. The maximum atomic E-state index is 9.99. The average Bonchev–Trinajstić information content (AvgIpc) is 2.23. The van der Waals surface area contributed by atoms with Gasteiger partial charge in [0.05, 0.1) is 0 Å². The maximum Gasteiger partial charge on any atom is 0.312 e. The highest BCUT2D eigenvalue weighted by Crippen LogP contribution is 2.07. The number of nitrogens with two attached hydrogens (primary N) is 1. The highest BCUT2D eigenvalue weighted by molar-refractivity contribution is 7.59. The fraction of sp³-hybridized carbons (Fsp3) is 0.417. The van der Waals surface area contributed by atoms with Crippen LogP contribution in [0.15, 0.2) is 24.3 Å². The van der Waals surface area contributed by atoms with Crippen molar-refractivity contribution in [3.8, 4) is 5.75 Å². The molecule has 4 N–H and O–H groups in total. The zero-order valence-electron chi connectivity index (χ0n) is 10.4. The fourth-order valence-electron chi connectivity index (χ4n) is 0.933. The number of hydrogen-bond donors (Lipinski definition) is 3. The van der Waals surface area contributed by atoms with E-state index in [0.717, 1.165) is 12.8 Å². The smallest absolute Gasteiger partial charge is 0.312 e. The van der Waals surface area contributed by atoms with E-state index >= 15 is 0 Å². The Kier molecular flexibility index (Phi) is 11.8. The molecule has 0 spiro atoms. The Hall–Kier alpha value is -1.36. The van der Waals surface area contributed by atoms with Crippen molar-refractivity contribution in [1.29, 1.82) is 0 Å². The molecule has 0 radical (unpaired) electrons. The van der Waals surface area contributed by atoms with Crippen LogP contribution >= 0.6 is 13.5 Å². The highest BCUT2D eigenvalue weighted by atomic mass is 32.1. The van der Waals surface area contributed by atoms with E-state index in [1.54, 1.807) is 12.1 Å². The minimum Gasteiger partial charge on any atom is -0.508 e. The van der Waals surface area contributed by atoms with Crippen LogP contribution in [0, 0.1) is 6.92 Å². The molecule has 5 heteroatoms. The summed E-state index contributed by atoms with van der Waals surface area (Å²) in [6, 6.07) is 6.66. The van der Waals surface area contributed by atoms with Gasteiger partial charge in [0.25, 0.3) is 0 Å². The quantitative estimate of drug-likeness (QED) is 0.727. The Morgan fingerprint density at radius 3 is 2.24 bits per heavy atom. The van der Waals surface area contributed by atoms with Gasteiger partial charge in [0.1, 0.15) is 5.75 Å². The monoisotopic (exact) mass is 258 g/mol. The maximum absolute atomic E-state index is 9.99. The van der Waals surface area contributed by atoms with Crippen molar-refractivity contribution in [1.82, 2.24) is 5.32 Å². The van der Waals surface area contributed by atoms with Gasteiger partial charge in [-0.25, -0.2) is 4.79 Å². The van der Waals surface area contributed by atoms with Crippen molar-refractivity contribution in [2.45, 2.75) is 26.7 Å². The third-order valence-electron chi connectivity index (χ3n) is 1.86. The second-order valence-corrected chi connectivity index (χ2v) is 3.48. The van der Waals surface area contributed by atoms with Crippen LogP contribution in [0.5, 0.6) is 5.75 Å². The molecule has 0 aliphatic carbocycles. The number of benzene rings is 1. The van der Waals surface area contributed by atoms with Crippen LogP contribution < -0.4 is 11.1 Å². The molecule has 0 unspecified atom stereocenters. The van der Waals surface area contributed by atoms with E-state index in [4.69, 9.17) is 10.8 Å². The van der Waals surface area contributed by atoms with E-state index in [1.807, 2.05) is 19.1 Å². The first-order chi connectivity index (χ1) is 7.56. The van der Waals surface area contributed by atoms with Gasteiger partial charge in [-0.3, -0.25) is 0 Å². The molecule has 2 amide bonds. The van der Waals surface area contributed by atoms with Crippen LogP contribution in [-0.2, 0) is 0 Å². The lowest BCUT2D eigenvalue weighted by Gasteiger charge is -1.96. The summed E-state index contributed by atoms with van der Waals surface area (Å²) in [5.41, 5.74) is 5.95. The first kappa shape index (κ1) is 18.0. The number of amides is 2. The van der Waals surface area contributed by atoms with Crippen LogP contribution in [0.2, 0.25) is 0 Å².